The molecule has 30 heavy (non-hydrogen) atoms. The Balaban J connectivity index is 1.90. The minimum Gasteiger partial charge on any atom is -0.463 e. The average Bonchev–Trinajstić information content (AvgIpc) is 3.52. The van der Waals surface area contributed by atoms with Crippen LogP contribution in [-0.4, -0.2) is 25.2 Å². The lowest BCUT2D eigenvalue weighted by molar-refractivity contribution is -0.139. The topological polar surface area (TPSA) is 64.6 Å². The monoisotopic (exact) mass is 413 g/mol. The second-order valence-electron chi connectivity index (χ2n) is 8.11. The van der Waals surface area contributed by atoms with Crippen molar-refractivity contribution in [1.82, 2.24) is 5.32 Å². The van der Waals surface area contributed by atoms with Crippen LogP contribution in [-0.2, 0) is 19.1 Å². The van der Waals surface area contributed by atoms with E-state index >= 15 is 0 Å². The number of benzene rings is 1. The van der Waals surface area contributed by atoms with Crippen LogP contribution in [0.15, 0.2) is 46.8 Å². The number of esters is 2. The summed E-state index contributed by atoms with van der Waals surface area (Å²) in [4.78, 5) is 26.3. The Hall–Kier alpha value is -2.63. The van der Waals surface area contributed by atoms with Crippen LogP contribution in [0.4, 0.5) is 4.39 Å². The third-order valence-corrected chi connectivity index (χ3v) is 6.12. The Morgan fingerprint density at radius 3 is 1.80 bits per heavy atom. The van der Waals surface area contributed by atoms with E-state index in [1.807, 2.05) is 0 Å². The van der Waals surface area contributed by atoms with Gasteiger partial charge in [-0.05, 0) is 69.1 Å². The lowest BCUT2D eigenvalue weighted by Crippen LogP contribution is -2.38. The molecule has 0 spiro atoms. The number of allylic oxidation sites excluding steroid dienone is 2. The van der Waals surface area contributed by atoms with E-state index in [4.69, 9.17) is 9.47 Å². The molecule has 1 heterocycles. The number of rotatable bonds is 7. The number of hydrogen-bond acceptors (Lipinski definition) is 5. The molecule has 0 saturated heterocycles. The van der Waals surface area contributed by atoms with Crippen molar-refractivity contribution in [3.63, 3.8) is 0 Å². The fourth-order valence-electron chi connectivity index (χ4n) is 4.31. The predicted molar refractivity (Wildman–Crippen MR) is 110 cm³/mol. The first kappa shape index (κ1) is 20.6. The standard InChI is InChI=1S/C24H28FNO4/c1-3-29-23(27)19-18(14-10-12-17(25)13-11-14)20(24(28)30-4-2)22(16-8-9-16)26-21(19)15-6-5-7-15/h10-13,15-16,18,26H,3-9H2,1-2H3. The van der Waals surface area contributed by atoms with Crippen molar-refractivity contribution in [1.29, 1.82) is 0 Å². The van der Waals surface area contributed by atoms with Gasteiger partial charge in [0.15, 0.2) is 0 Å². The molecular formula is C24H28FNO4. The van der Waals surface area contributed by atoms with Gasteiger partial charge in [-0.25, -0.2) is 14.0 Å². The van der Waals surface area contributed by atoms with E-state index in [9.17, 15) is 14.0 Å². The summed E-state index contributed by atoms with van der Waals surface area (Å²) in [6.45, 7) is 4.01. The van der Waals surface area contributed by atoms with E-state index in [2.05, 4.69) is 5.32 Å². The Morgan fingerprint density at radius 2 is 1.40 bits per heavy atom. The number of carbonyl (C=O) groups is 2. The molecule has 0 amide bonds. The van der Waals surface area contributed by atoms with Crippen molar-refractivity contribution in [2.24, 2.45) is 11.8 Å². The molecule has 2 saturated carbocycles. The van der Waals surface area contributed by atoms with Gasteiger partial charge in [0.25, 0.3) is 0 Å². The summed E-state index contributed by atoms with van der Waals surface area (Å²) in [5.41, 5.74) is 3.33. The third kappa shape index (κ3) is 3.87. The molecular weight excluding hydrogens is 385 g/mol. The van der Waals surface area contributed by atoms with E-state index in [0.717, 1.165) is 43.5 Å². The van der Waals surface area contributed by atoms with Gasteiger partial charge in [0.2, 0.25) is 0 Å². The van der Waals surface area contributed by atoms with Gasteiger partial charge < -0.3 is 14.8 Å². The molecule has 6 heteroatoms. The molecule has 1 aliphatic heterocycles. The van der Waals surface area contributed by atoms with Crippen molar-refractivity contribution in [2.75, 3.05) is 13.2 Å². The number of nitrogens with one attached hydrogen (secondary N) is 1. The zero-order valence-corrected chi connectivity index (χ0v) is 17.5. The minimum atomic E-state index is -0.629. The van der Waals surface area contributed by atoms with Crippen LogP contribution in [0.5, 0.6) is 0 Å². The van der Waals surface area contributed by atoms with Crippen LogP contribution < -0.4 is 5.32 Å². The second kappa shape index (κ2) is 8.62. The van der Waals surface area contributed by atoms with Crippen LogP contribution in [0.3, 0.4) is 0 Å². The molecule has 0 radical (unpaired) electrons. The van der Waals surface area contributed by atoms with E-state index < -0.39 is 17.9 Å². The fourth-order valence-corrected chi connectivity index (χ4v) is 4.31. The minimum absolute atomic E-state index is 0.240. The highest BCUT2D eigenvalue weighted by Crippen LogP contribution is 2.49. The van der Waals surface area contributed by atoms with Crippen molar-refractivity contribution < 1.29 is 23.5 Å². The molecule has 2 fully saturated rings. The van der Waals surface area contributed by atoms with Crippen molar-refractivity contribution in [3.05, 3.63) is 58.2 Å². The van der Waals surface area contributed by atoms with E-state index in [1.54, 1.807) is 26.0 Å². The summed E-state index contributed by atoms with van der Waals surface area (Å²) in [5.74, 6) is -1.36. The number of dihydropyridines is 1. The van der Waals surface area contributed by atoms with Crippen LogP contribution in [0.25, 0.3) is 0 Å². The first-order valence-corrected chi connectivity index (χ1v) is 10.9. The Bertz CT molecular complexity index is 894. The highest BCUT2D eigenvalue weighted by atomic mass is 19.1. The summed E-state index contributed by atoms with van der Waals surface area (Å²) < 4.78 is 24.5. The fraction of sp³-hybridized carbons (Fsp3) is 0.500. The summed E-state index contributed by atoms with van der Waals surface area (Å²) in [6.07, 6.45) is 5.09. The maximum atomic E-state index is 13.7. The van der Waals surface area contributed by atoms with Crippen LogP contribution in [0.1, 0.15) is 57.4 Å². The molecule has 1 aromatic carbocycles. The summed E-state index contributed by atoms with van der Waals surface area (Å²) in [5, 5.41) is 3.49. The Labute approximate surface area is 176 Å². The predicted octanol–water partition coefficient (Wildman–Crippen LogP) is 4.36. The van der Waals surface area contributed by atoms with Gasteiger partial charge in [0, 0.05) is 11.4 Å². The first-order chi connectivity index (χ1) is 14.5. The maximum Gasteiger partial charge on any atom is 0.336 e. The van der Waals surface area contributed by atoms with Gasteiger partial charge in [-0.2, -0.15) is 0 Å². The van der Waals surface area contributed by atoms with Gasteiger partial charge in [0.1, 0.15) is 5.82 Å². The number of hydrogen-bond donors (Lipinski definition) is 1. The molecule has 160 valence electrons. The van der Waals surface area contributed by atoms with Gasteiger partial charge in [-0.1, -0.05) is 18.6 Å². The maximum absolute atomic E-state index is 13.7. The van der Waals surface area contributed by atoms with Crippen molar-refractivity contribution in [2.45, 2.75) is 51.9 Å². The number of ether oxygens (including phenoxy) is 2. The summed E-state index contributed by atoms with van der Waals surface area (Å²) in [6, 6.07) is 6.02. The molecule has 3 aliphatic rings. The Kier molecular flexibility index (Phi) is 5.93. The first-order valence-electron chi connectivity index (χ1n) is 10.9. The van der Waals surface area contributed by atoms with E-state index in [-0.39, 0.29) is 30.9 Å². The third-order valence-electron chi connectivity index (χ3n) is 6.12. The molecule has 1 N–H and O–H groups in total. The largest absolute Gasteiger partial charge is 0.463 e. The average molecular weight is 413 g/mol. The van der Waals surface area contributed by atoms with Gasteiger partial charge in [-0.15, -0.1) is 0 Å². The zero-order valence-electron chi connectivity index (χ0n) is 17.5. The van der Waals surface area contributed by atoms with Crippen LogP contribution in [0.2, 0.25) is 0 Å². The molecule has 2 aliphatic carbocycles. The van der Waals surface area contributed by atoms with E-state index in [0.29, 0.717) is 16.7 Å². The van der Waals surface area contributed by atoms with Gasteiger partial charge in [0.05, 0.1) is 30.3 Å². The molecule has 1 aromatic rings. The zero-order chi connectivity index (χ0) is 21.3. The number of carbonyl (C=O) groups excluding carboxylic acids is 2. The normalized spacial score (nSPS) is 21.8. The van der Waals surface area contributed by atoms with Gasteiger partial charge in [-0.3, -0.25) is 0 Å². The molecule has 1 atom stereocenters. The molecule has 4 rings (SSSR count). The second-order valence-corrected chi connectivity index (χ2v) is 8.11. The highest BCUT2D eigenvalue weighted by Gasteiger charge is 2.45. The lowest BCUT2D eigenvalue weighted by atomic mass is 9.73. The van der Waals surface area contributed by atoms with Crippen LogP contribution in [0, 0.1) is 17.7 Å². The van der Waals surface area contributed by atoms with Gasteiger partial charge >= 0.3 is 11.9 Å². The molecule has 5 nitrogen and oxygen atoms in total. The smallest absolute Gasteiger partial charge is 0.336 e. The van der Waals surface area contributed by atoms with Crippen LogP contribution >= 0.6 is 0 Å². The van der Waals surface area contributed by atoms with Crippen molar-refractivity contribution in [3.8, 4) is 0 Å². The summed E-state index contributed by atoms with van der Waals surface area (Å²) >= 11 is 0. The molecule has 0 aromatic heterocycles. The lowest BCUT2D eigenvalue weighted by Gasteiger charge is -2.38. The highest BCUT2D eigenvalue weighted by molar-refractivity contribution is 6.00. The van der Waals surface area contributed by atoms with E-state index in [1.165, 1.54) is 12.1 Å². The number of halogens is 1. The SMILES string of the molecule is CCOC(=O)C1=C(C2CCC2)NC(C2CC2)=C(C(=O)OCC)C1c1ccc(F)cc1. The summed E-state index contributed by atoms with van der Waals surface area (Å²) in [7, 11) is 0. The Morgan fingerprint density at radius 1 is 0.900 bits per heavy atom. The quantitative estimate of drug-likeness (QED) is 0.673. The van der Waals surface area contributed by atoms with Crippen molar-refractivity contribution >= 4 is 11.9 Å². The molecule has 1 unspecified atom stereocenters. The molecule has 0 bridgehead atoms.